The zero-order valence-corrected chi connectivity index (χ0v) is 11.5. The second-order valence-electron chi connectivity index (χ2n) is 3.41. The van der Waals surface area contributed by atoms with E-state index in [0.717, 1.165) is 31.2 Å². The predicted molar refractivity (Wildman–Crippen MR) is 61.9 cm³/mol. The Morgan fingerprint density at radius 2 is 1.71 bits per heavy atom. The van der Waals surface area contributed by atoms with Crippen molar-refractivity contribution in [1.82, 2.24) is 0 Å². The first-order chi connectivity index (χ1) is 6.29. The van der Waals surface area contributed by atoms with Gasteiger partial charge in [0.1, 0.15) is 5.75 Å². The molecule has 0 spiro atoms. The molecule has 0 heterocycles. The van der Waals surface area contributed by atoms with Gasteiger partial charge in [-0.2, -0.15) is 0 Å². The van der Waals surface area contributed by atoms with Crippen LogP contribution < -0.4 is 0 Å². The molecule has 0 bridgehead atoms. The van der Waals surface area contributed by atoms with Crippen LogP contribution in [0.5, 0.6) is 5.75 Å². The Morgan fingerprint density at radius 3 is 2.29 bits per heavy atom. The molecule has 1 N–H and O–H groups in total. The van der Waals surface area contributed by atoms with Crippen molar-refractivity contribution in [3.05, 3.63) is 29.3 Å². The van der Waals surface area contributed by atoms with E-state index in [1.807, 2.05) is 6.07 Å². The molecule has 1 aromatic carbocycles. The molecule has 0 saturated heterocycles. The van der Waals surface area contributed by atoms with Crippen LogP contribution in [0.2, 0.25) is 0 Å². The fraction of sp³-hybridized carbons (Fsp3) is 0.500. The maximum Gasteiger partial charge on any atom is 0.119 e. The molecule has 0 atom stereocenters. The van der Waals surface area contributed by atoms with Gasteiger partial charge in [0.25, 0.3) is 0 Å². The molecule has 0 saturated carbocycles. The van der Waals surface area contributed by atoms with E-state index in [-0.39, 0.29) is 29.6 Å². The minimum atomic E-state index is 0. The van der Waals surface area contributed by atoms with Crippen LogP contribution in [0.4, 0.5) is 0 Å². The number of phenols is 1. The zero-order chi connectivity index (χ0) is 9.68. The number of hydrogen-bond donors (Lipinski definition) is 1. The van der Waals surface area contributed by atoms with Gasteiger partial charge in [-0.15, -0.1) is 0 Å². The standard InChI is InChI=1S/C12H18O.Na/c1-3-6-10-8-5-9-12(13)11(10)7-4-2;/h5,8-9,13H,3-4,6-7H2,1-2H3;. The van der Waals surface area contributed by atoms with E-state index >= 15 is 0 Å². The Bertz CT molecular complexity index is 271. The number of rotatable bonds is 4. The first-order valence-electron chi connectivity index (χ1n) is 5.09. The van der Waals surface area contributed by atoms with Crippen LogP contribution in [0.15, 0.2) is 18.2 Å². The molecule has 0 aromatic heterocycles. The largest absolute Gasteiger partial charge is 0.508 e. The summed E-state index contributed by atoms with van der Waals surface area (Å²) in [5.74, 6) is 0.466. The van der Waals surface area contributed by atoms with Gasteiger partial charge < -0.3 is 5.11 Å². The van der Waals surface area contributed by atoms with E-state index < -0.39 is 0 Å². The number of hydrogen-bond acceptors (Lipinski definition) is 1. The molecule has 0 fully saturated rings. The smallest absolute Gasteiger partial charge is 0.119 e. The van der Waals surface area contributed by atoms with Crippen molar-refractivity contribution >= 4 is 29.6 Å². The number of aryl methyl sites for hydroxylation is 1. The molecule has 0 unspecified atom stereocenters. The summed E-state index contributed by atoms with van der Waals surface area (Å²) in [6.07, 6.45) is 4.29. The van der Waals surface area contributed by atoms with Crippen molar-refractivity contribution in [3.63, 3.8) is 0 Å². The first-order valence-corrected chi connectivity index (χ1v) is 5.09. The third-order valence-corrected chi connectivity index (χ3v) is 2.27. The molecule has 0 aliphatic rings. The quantitative estimate of drug-likeness (QED) is 0.743. The van der Waals surface area contributed by atoms with E-state index in [2.05, 4.69) is 19.9 Å². The van der Waals surface area contributed by atoms with Gasteiger partial charge in [-0.3, -0.25) is 0 Å². The van der Waals surface area contributed by atoms with Crippen LogP contribution in [-0.2, 0) is 12.8 Å². The molecule has 0 aliphatic carbocycles. The van der Waals surface area contributed by atoms with Crippen LogP contribution in [0.3, 0.4) is 0 Å². The monoisotopic (exact) mass is 201 g/mol. The second kappa shape index (κ2) is 7.33. The molecular weight excluding hydrogens is 183 g/mol. The minimum absolute atomic E-state index is 0. The van der Waals surface area contributed by atoms with E-state index in [1.54, 1.807) is 6.07 Å². The van der Waals surface area contributed by atoms with Crippen LogP contribution in [-0.4, -0.2) is 34.7 Å². The molecular formula is C12H18NaO. The molecule has 14 heavy (non-hydrogen) atoms. The third kappa shape index (κ3) is 3.64. The van der Waals surface area contributed by atoms with Gasteiger partial charge in [0.15, 0.2) is 0 Å². The average Bonchev–Trinajstić information content (AvgIpc) is 2.11. The third-order valence-electron chi connectivity index (χ3n) is 2.27. The van der Waals surface area contributed by atoms with Crippen molar-refractivity contribution in [1.29, 1.82) is 0 Å². The van der Waals surface area contributed by atoms with Gasteiger partial charge in [-0.25, -0.2) is 0 Å². The normalized spacial score (nSPS) is 9.57. The number of phenolic OH excluding ortho intramolecular Hbond substituents is 1. The Morgan fingerprint density at radius 1 is 1.07 bits per heavy atom. The maximum absolute atomic E-state index is 9.65. The molecule has 1 rings (SSSR count). The van der Waals surface area contributed by atoms with Gasteiger partial charge in [0.2, 0.25) is 0 Å². The fourth-order valence-electron chi connectivity index (χ4n) is 1.66. The molecule has 1 aromatic rings. The topological polar surface area (TPSA) is 20.2 Å². The SMILES string of the molecule is CCCc1cccc(O)c1CCC.[Na]. The van der Waals surface area contributed by atoms with Gasteiger partial charge in [0.05, 0.1) is 0 Å². The van der Waals surface area contributed by atoms with Gasteiger partial charge in [-0.05, 0) is 30.0 Å². The summed E-state index contributed by atoms with van der Waals surface area (Å²) in [7, 11) is 0. The Kier molecular flexibility index (Phi) is 7.34. The zero-order valence-electron chi connectivity index (χ0n) is 9.51. The summed E-state index contributed by atoms with van der Waals surface area (Å²) < 4.78 is 0. The Balaban J connectivity index is 0.00000169. The summed E-state index contributed by atoms with van der Waals surface area (Å²) in [6.45, 7) is 4.31. The summed E-state index contributed by atoms with van der Waals surface area (Å²) >= 11 is 0. The fourth-order valence-corrected chi connectivity index (χ4v) is 1.66. The van der Waals surface area contributed by atoms with Crippen LogP contribution in [0.1, 0.15) is 37.8 Å². The van der Waals surface area contributed by atoms with E-state index in [1.165, 1.54) is 5.56 Å². The summed E-state index contributed by atoms with van der Waals surface area (Å²) in [4.78, 5) is 0. The minimum Gasteiger partial charge on any atom is -0.508 e. The molecule has 1 nitrogen and oxygen atoms in total. The van der Waals surface area contributed by atoms with Gasteiger partial charge in [0, 0.05) is 29.6 Å². The van der Waals surface area contributed by atoms with Crippen molar-refractivity contribution < 1.29 is 5.11 Å². The van der Waals surface area contributed by atoms with Crippen LogP contribution >= 0.6 is 0 Å². The first kappa shape index (κ1) is 14.0. The molecule has 1 radical (unpaired) electrons. The van der Waals surface area contributed by atoms with Gasteiger partial charge in [-0.1, -0.05) is 38.8 Å². The van der Waals surface area contributed by atoms with Crippen LogP contribution in [0, 0.1) is 0 Å². The average molecular weight is 201 g/mol. The van der Waals surface area contributed by atoms with E-state index in [9.17, 15) is 5.11 Å². The molecule has 73 valence electrons. The summed E-state index contributed by atoms with van der Waals surface area (Å²) in [6, 6.07) is 5.83. The molecule has 0 aliphatic heterocycles. The van der Waals surface area contributed by atoms with Crippen molar-refractivity contribution in [3.8, 4) is 5.75 Å². The van der Waals surface area contributed by atoms with Crippen molar-refractivity contribution in [2.45, 2.75) is 39.5 Å². The summed E-state index contributed by atoms with van der Waals surface area (Å²) in [5, 5.41) is 9.65. The second-order valence-corrected chi connectivity index (χ2v) is 3.41. The summed E-state index contributed by atoms with van der Waals surface area (Å²) in [5.41, 5.74) is 2.45. The molecule has 0 amide bonds. The van der Waals surface area contributed by atoms with E-state index in [0.29, 0.717) is 5.75 Å². The molecule has 2 heteroatoms. The van der Waals surface area contributed by atoms with Crippen molar-refractivity contribution in [2.24, 2.45) is 0 Å². The predicted octanol–water partition coefficient (Wildman–Crippen LogP) is 2.92. The van der Waals surface area contributed by atoms with Crippen molar-refractivity contribution in [2.75, 3.05) is 0 Å². The maximum atomic E-state index is 9.65. The van der Waals surface area contributed by atoms with E-state index in [4.69, 9.17) is 0 Å². The Hall–Kier alpha value is 0.0200. The number of aromatic hydroxyl groups is 1. The Labute approximate surface area is 109 Å². The van der Waals surface area contributed by atoms with Gasteiger partial charge >= 0.3 is 0 Å². The number of benzene rings is 1. The van der Waals surface area contributed by atoms with Crippen LogP contribution in [0.25, 0.3) is 0 Å².